The molecule has 0 spiro atoms. The largest absolute Gasteiger partial charge is 0.476 e. The summed E-state index contributed by atoms with van der Waals surface area (Å²) in [5, 5.41) is 4.21. The molecule has 0 aromatic carbocycles. The van der Waals surface area contributed by atoms with Crippen LogP contribution in [0.3, 0.4) is 0 Å². The summed E-state index contributed by atoms with van der Waals surface area (Å²) in [6.45, 7) is 13.5. The molecule has 0 aliphatic carbocycles. The van der Waals surface area contributed by atoms with E-state index in [9.17, 15) is 13.2 Å². The fourth-order valence-corrected chi connectivity index (χ4v) is 5.26. The van der Waals surface area contributed by atoms with Crippen molar-refractivity contribution in [3.05, 3.63) is 47.7 Å². The Labute approximate surface area is 223 Å². The number of anilines is 2. The molecule has 4 rings (SSSR count). The molecule has 0 saturated carbocycles. The highest BCUT2D eigenvalue weighted by molar-refractivity contribution is 7.90. The molecule has 1 atom stereocenters. The molecule has 3 aromatic rings. The van der Waals surface area contributed by atoms with Gasteiger partial charge in [0.05, 0.1) is 12.2 Å². The lowest BCUT2D eigenvalue weighted by atomic mass is 9.90. The van der Waals surface area contributed by atoms with Crippen molar-refractivity contribution in [1.29, 1.82) is 0 Å². The molecule has 1 fully saturated rings. The Morgan fingerprint density at radius 2 is 1.97 bits per heavy atom. The highest BCUT2D eigenvalue weighted by Crippen LogP contribution is 2.39. The van der Waals surface area contributed by atoms with Crippen molar-refractivity contribution in [2.75, 3.05) is 23.8 Å². The van der Waals surface area contributed by atoms with E-state index in [1.165, 1.54) is 18.2 Å². The van der Waals surface area contributed by atoms with Crippen LogP contribution in [-0.2, 0) is 10.0 Å². The van der Waals surface area contributed by atoms with Crippen LogP contribution in [0.1, 0.15) is 57.0 Å². The van der Waals surface area contributed by atoms with Crippen molar-refractivity contribution in [3.63, 3.8) is 0 Å². The van der Waals surface area contributed by atoms with Gasteiger partial charge < -0.3 is 15.4 Å². The molecule has 3 N–H and O–H groups in total. The molecule has 38 heavy (non-hydrogen) atoms. The highest BCUT2D eigenvalue weighted by atomic mass is 32.2. The average Bonchev–Trinajstić information content (AvgIpc) is 3.35. The Bertz CT molecular complexity index is 1450. The number of carbonyl (C=O) groups is 1. The topological polar surface area (TPSA) is 145 Å². The number of sulfonamides is 1. The van der Waals surface area contributed by atoms with Crippen LogP contribution in [0.5, 0.6) is 5.88 Å². The van der Waals surface area contributed by atoms with Crippen LogP contribution in [0.2, 0.25) is 0 Å². The zero-order chi connectivity index (χ0) is 27.8. The smallest absolute Gasteiger partial charge is 0.281 e. The van der Waals surface area contributed by atoms with Crippen LogP contribution in [0.25, 0.3) is 5.82 Å². The normalized spacial score (nSPS) is 17.1. The van der Waals surface area contributed by atoms with Gasteiger partial charge in [-0.2, -0.15) is 8.42 Å². The van der Waals surface area contributed by atoms with Crippen molar-refractivity contribution >= 4 is 27.6 Å². The lowest BCUT2D eigenvalue weighted by molar-refractivity contribution is 0.0981. The first-order valence-electron chi connectivity index (χ1n) is 12.6. The SMILES string of the molecule is Cc1cn(-c2ccc(C(=O)NS(=O)(=O)c3cccc(N)n3)c(N3CCC(C)C3(C)C)n2)nc1OCC(C)C. The number of carbonyl (C=O) groups excluding carboxylic acids is 1. The van der Waals surface area contributed by atoms with Gasteiger partial charge in [0.2, 0.25) is 5.88 Å². The summed E-state index contributed by atoms with van der Waals surface area (Å²) in [6.07, 6.45) is 2.72. The molecule has 0 bridgehead atoms. The highest BCUT2D eigenvalue weighted by Gasteiger charge is 2.41. The zero-order valence-electron chi connectivity index (χ0n) is 22.6. The van der Waals surface area contributed by atoms with E-state index >= 15 is 0 Å². The Morgan fingerprint density at radius 1 is 1.24 bits per heavy atom. The van der Waals surface area contributed by atoms with E-state index in [-0.39, 0.29) is 21.9 Å². The van der Waals surface area contributed by atoms with Crippen molar-refractivity contribution < 1.29 is 17.9 Å². The second-order valence-electron chi connectivity index (χ2n) is 10.6. The van der Waals surface area contributed by atoms with E-state index in [0.717, 1.165) is 12.0 Å². The fraction of sp³-hybridized carbons (Fsp3) is 0.462. The molecule has 4 heterocycles. The van der Waals surface area contributed by atoms with Crippen molar-refractivity contribution in [1.82, 2.24) is 24.5 Å². The number of aryl methyl sites for hydroxylation is 1. The molecule has 12 heteroatoms. The molecule has 204 valence electrons. The van der Waals surface area contributed by atoms with E-state index in [1.54, 1.807) is 16.8 Å². The van der Waals surface area contributed by atoms with Gasteiger partial charge in [-0.05, 0) is 63.3 Å². The van der Waals surface area contributed by atoms with Crippen molar-refractivity contribution in [2.45, 2.75) is 58.5 Å². The number of ether oxygens (including phenoxy) is 1. The number of pyridine rings is 2. The van der Waals surface area contributed by atoms with Gasteiger partial charge in [0.1, 0.15) is 11.6 Å². The van der Waals surface area contributed by atoms with E-state index in [2.05, 4.69) is 49.4 Å². The van der Waals surface area contributed by atoms with Crippen LogP contribution in [-0.4, -0.2) is 52.8 Å². The minimum atomic E-state index is -4.26. The first-order valence-corrected chi connectivity index (χ1v) is 14.1. The first-order chi connectivity index (χ1) is 17.8. The van der Waals surface area contributed by atoms with Gasteiger partial charge in [0, 0.05) is 23.8 Å². The van der Waals surface area contributed by atoms with Crippen molar-refractivity contribution in [2.24, 2.45) is 11.8 Å². The minimum Gasteiger partial charge on any atom is -0.476 e. The van der Waals surface area contributed by atoms with Gasteiger partial charge in [0.25, 0.3) is 15.9 Å². The van der Waals surface area contributed by atoms with Gasteiger partial charge in [-0.1, -0.05) is 26.8 Å². The third-order valence-corrected chi connectivity index (χ3v) is 8.17. The fourth-order valence-electron chi connectivity index (χ4n) is 4.32. The van der Waals surface area contributed by atoms with Gasteiger partial charge in [-0.3, -0.25) is 4.79 Å². The molecule has 1 aliphatic heterocycles. The Balaban J connectivity index is 1.74. The third-order valence-electron chi connectivity index (χ3n) is 6.94. The van der Waals surface area contributed by atoms with Gasteiger partial charge >= 0.3 is 0 Å². The third kappa shape index (κ3) is 5.45. The molecule has 0 radical (unpaired) electrons. The van der Waals surface area contributed by atoms with Gasteiger partial charge in [0.15, 0.2) is 10.8 Å². The maximum absolute atomic E-state index is 13.4. The van der Waals surface area contributed by atoms with Crippen molar-refractivity contribution in [3.8, 4) is 11.7 Å². The lowest BCUT2D eigenvalue weighted by Gasteiger charge is -2.36. The van der Waals surface area contributed by atoms with Crippen LogP contribution in [0, 0.1) is 18.8 Å². The Kier molecular flexibility index (Phi) is 7.37. The molecule has 1 unspecified atom stereocenters. The number of nitrogen functional groups attached to an aromatic ring is 1. The number of aromatic nitrogens is 4. The summed E-state index contributed by atoms with van der Waals surface area (Å²) in [4.78, 5) is 24.1. The number of rotatable bonds is 8. The molecule has 1 aliphatic rings. The standard InChI is InChI=1S/C26H35N7O4S/c1-16(2)15-37-25-17(3)14-33(30-25)21-11-10-19(23(29-21)32-13-12-18(4)26(32,5)6)24(34)31-38(35,36)22-9-7-8-20(27)28-22/h7-11,14,16,18H,12-13,15H2,1-6H3,(H2,27,28)(H,31,34). The van der Waals surface area contributed by atoms with Gasteiger partial charge in [-0.15, -0.1) is 5.10 Å². The first kappa shape index (κ1) is 27.4. The van der Waals surface area contributed by atoms with Gasteiger partial charge in [-0.25, -0.2) is 19.4 Å². The predicted octanol–water partition coefficient (Wildman–Crippen LogP) is 3.33. The van der Waals surface area contributed by atoms with E-state index in [4.69, 9.17) is 15.5 Å². The maximum atomic E-state index is 13.4. The molecule has 1 amide bonds. The quantitative estimate of drug-likeness (QED) is 0.438. The monoisotopic (exact) mass is 541 g/mol. The number of amides is 1. The second kappa shape index (κ2) is 10.2. The second-order valence-corrected chi connectivity index (χ2v) is 12.3. The van der Waals surface area contributed by atoms with Crippen LogP contribution < -0.4 is 20.1 Å². The van der Waals surface area contributed by atoms with Crippen LogP contribution in [0.15, 0.2) is 41.6 Å². The van der Waals surface area contributed by atoms with E-state index in [1.807, 2.05) is 18.0 Å². The predicted molar refractivity (Wildman–Crippen MR) is 145 cm³/mol. The molecular formula is C26H35N7O4S. The number of nitrogens with zero attached hydrogens (tertiary/aromatic N) is 5. The number of hydrogen-bond donors (Lipinski definition) is 2. The van der Waals surface area contributed by atoms with Crippen LogP contribution >= 0.6 is 0 Å². The number of hydrogen-bond acceptors (Lipinski definition) is 9. The number of nitrogens with one attached hydrogen (secondary N) is 1. The average molecular weight is 542 g/mol. The zero-order valence-corrected chi connectivity index (χ0v) is 23.4. The van der Waals surface area contributed by atoms with E-state index < -0.39 is 15.9 Å². The van der Waals surface area contributed by atoms with Crippen LogP contribution in [0.4, 0.5) is 11.6 Å². The summed E-state index contributed by atoms with van der Waals surface area (Å²) in [5.41, 5.74) is 6.31. The Morgan fingerprint density at radius 3 is 2.61 bits per heavy atom. The summed E-state index contributed by atoms with van der Waals surface area (Å²) in [5.74, 6) is 1.27. The molecule has 11 nitrogen and oxygen atoms in total. The molecule has 1 saturated heterocycles. The minimum absolute atomic E-state index is 0.0334. The summed E-state index contributed by atoms with van der Waals surface area (Å²) < 4.78 is 35.4. The maximum Gasteiger partial charge on any atom is 0.281 e. The number of nitrogens with two attached hydrogens (primary N) is 1. The summed E-state index contributed by atoms with van der Waals surface area (Å²) in [7, 11) is -4.26. The lowest BCUT2D eigenvalue weighted by Crippen LogP contribution is -2.44. The molecular weight excluding hydrogens is 506 g/mol. The summed E-state index contributed by atoms with van der Waals surface area (Å²) in [6, 6.07) is 7.41. The van der Waals surface area contributed by atoms with E-state index in [0.29, 0.717) is 42.5 Å². The molecule has 3 aromatic heterocycles. The summed E-state index contributed by atoms with van der Waals surface area (Å²) >= 11 is 0. The Hall–Kier alpha value is -3.67.